The van der Waals surface area contributed by atoms with Crippen molar-refractivity contribution in [3.8, 4) is 17.1 Å². The van der Waals surface area contributed by atoms with Crippen LogP contribution in [-0.2, 0) is 14.9 Å². The Morgan fingerprint density at radius 1 is 0.840 bits per heavy atom. The molecule has 1 spiro atoms. The van der Waals surface area contributed by atoms with Gasteiger partial charge in [0.2, 0.25) is 0 Å². The van der Waals surface area contributed by atoms with Crippen LogP contribution in [0.15, 0.2) is 78.1 Å². The van der Waals surface area contributed by atoms with E-state index in [4.69, 9.17) is 19.4 Å². The first-order valence-corrected chi connectivity index (χ1v) is 17.0. The molecule has 254 valence electrons. The molecule has 0 unspecified atom stereocenters. The zero-order valence-electron chi connectivity index (χ0n) is 28.1. The van der Waals surface area contributed by atoms with E-state index in [-0.39, 0.29) is 16.7 Å². The lowest BCUT2D eigenvalue weighted by atomic mass is 9.78. The number of rotatable bonds is 3. The average Bonchev–Trinajstić information content (AvgIpc) is 3.46. The highest BCUT2D eigenvalue weighted by Gasteiger charge is 2.46. The first kappa shape index (κ1) is 31.8. The van der Waals surface area contributed by atoms with E-state index in [9.17, 15) is 9.90 Å². The normalized spacial score (nSPS) is 16.8. The fourth-order valence-corrected chi connectivity index (χ4v) is 7.35. The van der Waals surface area contributed by atoms with E-state index in [1.54, 1.807) is 25.3 Å². The predicted molar refractivity (Wildman–Crippen MR) is 192 cm³/mol. The monoisotopic (exact) mass is 670 g/mol. The van der Waals surface area contributed by atoms with Gasteiger partial charge in [0.1, 0.15) is 11.4 Å². The number of nitrogens with zero attached hydrogens (tertiary/aromatic N) is 7. The quantitative estimate of drug-likeness (QED) is 0.251. The minimum Gasteiger partial charge on any atom is -0.507 e. The minimum atomic E-state index is -0.302. The zero-order chi connectivity index (χ0) is 34.2. The van der Waals surface area contributed by atoms with Crippen molar-refractivity contribution in [3.05, 3.63) is 100 Å². The number of aromatic nitrogens is 6. The van der Waals surface area contributed by atoms with Crippen molar-refractivity contribution in [1.29, 1.82) is 0 Å². The number of H-pyrrole nitrogens is 1. The molecule has 0 aromatic carbocycles. The van der Waals surface area contributed by atoms with E-state index in [1.807, 2.05) is 36.7 Å². The lowest BCUT2D eigenvalue weighted by Crippen LogP contribution is -2.38. The molecule has 9 heterocycles. The van der Waals surface area contributed by atoms with Crippen molar-refractivity contribution in [2.45, 2.75) is 32.1 Å². The first-order valence-electron chi connectivity index (χ1n) is 17.0. The molecule has 0 saturated carbocycles. The van der Waals surface area contributed by atoms with Gasteiger partial charge < -0.3 is 29.4 Å². The maximum atomic E-state index is 11.2. The average molecular weight is 671 g/mol. The number of hydrogen-bond acceptors (Lipinski definition) is 11. The highest BCUT2D eigenvalue weighted by atomic mass is 16.5. The number of pyridine rings is 6. The number of nitrogens with one attached hydrogen (secondary N) is 1. The van der Waals surface area contributed by atoms with Gasteiger partial charge in [-0.25, -0.2) is 15.0 Å². The summed E-state index contributed by atoms with van der Waals surface area (Å²) in [6.07, 6.45) is 9.18. The fourth-order valence-electron chi connectivity index (χ4n) is 7.35. The molecule has 2 N–H and O–H groups in total. The second-order valence-corrected chi connectivity index (χ2v) is 13.0. The highest BCUT2D eigenvalue weighted by molar-refractivity contribution is 5.98. The first-order chi connectivity index (χ1) is 24.4. The summed E-state index contributed by atoms with van der Waals surface area (Å²) >= 11 is 0. The molecule has 0 bridgehead atoms. The Morgan fingerprint density at radius 3 is 2.36 bits per heavy atom. The molecule has 3 aliphatic rings. The number of aromatic hydroxyl groups is 1. The summed E-state index contributed by atoms with van der Waals surface area (Å²) < 4.78 is 11.4. The molecule has 0 aliphatic carbocycles. The van der Waals surface area contributed by atoms with Crippen molar-refractivity contribution >= 4 is 39.1 Å². The highest BCUT2D eigenvalue weighted by Crippen LogP contribution is 2.51. The van der Waals surface area contributed by atoms with Crippen LogP contribution in [0.2, 0.25) is 0 Å². The maximum Gasteiger partial charge on any atom is 0.256 e. The van der Waals surface area contributed by atoms with Crippen molar-refractivity contribution in [2.24, 2.45) is 0 Å². The summed E-state index contributed by atoms with van der Waals surface area (Å²) in [4.78, 5) is 42.0. The molecule has 3 aliphatic heterocycles. The summed E-state index contributed by atoms with van der Waals surface area (Å²) in [5.74, 6) is 0.00634. The molecular formula is C38H38N8O4. The second-order valence-electron chi connectivity index (χ2n) is 13.0. The smallest absolute Gasteiger partial charge is 0.256 e. The zero-order valence-corrected chi connectivity index (χ0v) is 28.1. The Morgan fingerprint density at radius 2 is 1.58 bits per heavy atom. The van der Waals surface area contributed by atoms with E-state index >= 15 is 0 Å². The molecule has 2 fully saturated rings. The molecular weight excluding hydrogens is 632 g/mol. The number of anilines is 3. The van der Waals surface area contributed by atoms with Crippen LogP contribution in [0.3, 0.4) is 0 Å². The second kappa shape index (κ2) is 13.1. The van der Waals surface area contributed by atoms with E-state index in [2.05, 4.69) is 55.0 Å². The van der Waals surface area contributed by atoms with Gasteiger partial charge in [-0.15, -0.1) is 0 Å². The van der Waals surface area contributed by atoms with Gasteiger partial charge in [0.15, 0.2) is 5.65 Å². The number of aromatic amines is 1. The van der Waals surface area contributed by atoms with E-state index in [0.717, 1.165) is 98.3 Å². The van der Waals surface area contributed by atoms with Gasteiger partial charge in [0.05, 0.1) is 64.5 Å². The largest absolute Gasteiger partial charge is 0.507 e. The Labute approximate surface area is 288 Å². The summed E-state index contributed by atoms with van der Waals surface area (Å²) in [5.41, 5.74) is 8.61. The van der Waals surface area contributed by atoms with E-state index in [1.165, 1.54) is 11.4 Å². The van der Waals surface area contributed by atoms with Crippen LogP contribution in [0.25, 0.3) is 33.5 Å². The molecule has 12 nitrogen and oxygen atoms in total. The minimum absolute atomic E-state index is 0.00634. The third-order valence-corrected chi connectivity index (χ3v) is 10.1. The lowest BCUT2D eigenvalue weighted by Gasteiger charge is -2.34. The van der Waals surface area contributed by atoms with Gasteiger partial charge in [0.25, 0.3) is 5.56 Å². The molecule has 0 amide bonds. The van der Waals surface area contributed by atoms with Gasteiger partial charge in [-0.05, 0) is 69.2 Å². The van der Waals surface area contributed by atoms with Crippen LogP contribution in [-0.4, -0.2) is 81.1 Å². The van der Waals surface area contributed by atoms with Crippen LogP contribution < -0.4 is 15.4 Å². The Hall–Kier alpha value is -5.46. The molecule has 9 rings (SSSR count). The van der Waals surface area contributed by atoms with Crippen LogP contribution in [0.5, 0.6) is 5.75 Å². The van der Waals surface area contributed by atoms with Crippen LogP contribution in [0.1, 0.15) is 29.7 Å². The van der Waals surface area contributed by atoms with Crippen molar-refractivity contribution < 1.29 is 14.6 Å². The van der Waals surface area contributed by atoms with Gasteiger partial charge >= 0.3 is 0 Å². The third-order valence-electron chi connectivity index (χ3n) is 10.1. The number of hydrogen-bond donors (Lipinski definition) is 2. The topological polar surface area (TPSA) is 142 Å². The molecule has 50 heavy (non-hydrogen) atoms. The molecule has 2 saturated heterocycles. The van der Waals surface area contributed by atoms with Crippen LogP contribution >= 0.6 is 0 Å². The van der Waals surface area contributed by atoms with Crippen LogP contribution in [0, 0.1) is 13.8 Å². The number of morpholine rings is 1. The fraction of sp³-hybridized carbons (Fsp3) is 0.316. The summed E-state index contributed by atoms with van der Waals surface area (Å²) in [6.45, 7) is 9.36. The van der Waals surface area contributed by atoms with E-state index < -0.39 is 0 Å². The Balaban J connectivity index is 0.000000233. The van der Waals surface area contributed by atoms with Crippen LogP contribution in [0.4, 0.5) is 17.1 Å². The van der Waals surface area contributed by atoms with E-state index in [0.29, 0.717) is 16.6 Å². The summed E-state index contributed by atoms with van der Waals surface area (Å²) in [6, 6.07) is 15.8. The molecule has 12 heteroatoms. The van der Waals surface area contributed by atoms with Crippen molar-refractivity contribution in [2.75, 3.05) is 55.9 Å². The molecule has 6 aromatic rings. The van der Waals surface area contributed by atoms with Gasteiger partial charge in [-0.3, -0.25) is 14.8 Å². The lowest BCUT2D eigenvalue weighted by molar-refractivity contribution is 0.0546. The third kappa shape index (κ3) is 5.60. The molecule has 0 atom stereocenters. The SMILES string of the molecule is Cc1c(-c2ccccn2)nc2ncccc2c1N1CC2(CCOCC2)c2ncc(N3CCOCC3)cc21.Cc1c(O)c2cccnc2[nH]c1=O. The molecule has 0 radical (unpaired) electrons. The summed E-state index contributed by atoms with van der Waals surface area (Å²) in [5, 5.41) is 11.2. The molecule has 6 aromatic heterocycles. The van der Waals surface area contributed by atoms with Crippen molar-refractivity contribution in [1.82, 2.24) is 29.9 Å². The predicted octanol–water partition coefficient (Wildman–Crippen LogP) is 5.37. The van der Waals surface area contributed by atoms with Gasteiger partial charge in [-0.2, -0.15) is 0 Å². The van der Waals surface area contributed by atoms with Gasteiger partial charge in [0, 0.05) is 67.8 Å². The van der Waals surface area contributed by atoms with Gasteiger partial charge in [-0.1, -0.05) is 6.07 Å². The van der Waals surface area contributed by atoms with Crippen molar-refractivity contribution in [3.63, 3.8) is 0 Å². The maximum absolute atomic E-state index is 11.2. The Bertz CT molecular complexity index is 2250. The Kier molecular flexibility index (Phi) is 8.33. The standard InChI is InChI=1S/C29H30N6O2.C9H8N2O2/c1-20-25(23-6-2-3-9-30-23)33-28-22(5-4-10-31-28)26(20)35-19-29(7-13-36-14-8-29)27-24(35)17-21(18-32-27)34-11-15-37-16-12-34;1-5-7(12)6-3-2-4-10-8(6)11-9(5)13/h2-6,9-10,17-18H,7-8,11-16,19H2,1H3;2-4H,1H3,(H2,10,11,12,13). The number of fused-ring (bicyclic) bond motifs is 4. The number of ether oxygens (including phenoxy) is 2. The summed E-state index contributed by atoms with van der Waals surface area (Å²) in [7, 11) is 0.